The van der Waals surface area contributed by atoms with Gasteiger partial charge in [-0.05, 0) is 37.6 Å². The molecule has 1 atom stereocenters. The van der Waals surface area contributed by atoms with Crippen molar-refractivity contribution in [2.45, 2.75) is 26.4 Å². The number of carbonyl (C=O) groups excluding carboxylic acids is 1. The molecule has 0 radical (unpaired) electrons. The molecule has 0 saturated carbocycles. The number of nitrogens with zero attached hydrogens (tertiary/aromatic N) is 4. The van der Waals surface area contributed by atoms with Gasteiger partial charge in [0.2, 0.25) is 5.82 Å². The van der Waals surface area contributed by atoms with E-state index in [-0.39, 0.29) is 24.0 Å². The monoisotopic (exact) mass is 406 g/mol. The Morgan fingerprint density at radius 3 is 2.80 bits per heavy atom. The Balaban J connectivity index is 1.39. The average molecular weight is 406 g/mol. The van der Waals surface area contributed by atoms with E-state index in [1.807, 2.05) is 30.3 Å². The Labute approximate surface area is 172 Å². The van der Waals surface area contributed by atoms with Gasteiger partial charge in [0, 0.05) is 17.3 Å². The molecule has 7 nitrogen and oxygen atoms in total. The van der Waals surface area contributed by atoms with E-state index in [1.54, 1.807) is 43.1 Å². The zero-order chi connectivity index (χ0) is 21.1. The molecule has 8 heteroatoms. The summed E-state index contributed by atoms with van der Waals surface area (Å²) in [5.74, 6) is -0.430. The van der Waals surface area contributed by atoms with Crippen molar-refractivity contribution in [3.8, 4) is 17.1 Å². The lowest BCUT2D eigenvalue weighted by atomic mass is 10.1. The van der Waals surface area contributed by atoms with Gasteiger partial charge in [0.05, 0.1) is 18.3 Å². The van der Waals surface area contributed by atoms with Crippen LogP contribution in [0.15, 0.2) is 65.4 Å². The van der Waals surface area contributed by atoms with Crippen LogP contribution in [0.5, 0.6) is 0 Å². The van der Waals surface area contributed by atoms with Crippen molar-refractivity contribution in [2.75, 3.05) is 0 Å². The number of esters is 1. The summed E-state index contributed by atoms with van der Waals surface area (Å²) in [6.07, 6.45) is 2.72. The first kappa shape index (κ1) is 19.5. The summed E-state index contributed by atoms with van der Waals surface area (Å²) in [5, 5.41) is 8.11. The van der Waals surface area contributed by atoms with Gasteiger partial charge < -0.3 is 9.26 Å². The Morgan fingerprint density at radius 1 is 1.23 bits per heavy atom. The predicted molar refractivity (Wildman–Crippen MR) is 106 cm³/mol. The van der Waals surface area contributed by atoms with Gasteiger partial charge in [-0.1, -0.05) is 35.5 Å². The second-order valence-corrected chi connectivity index (χ2v) is 6.86. The van der Waals surface area contributed by atoms with E-state index < -0.39 is 12.1 Å². The van der Waals surface area contributed by atoms with Gasteiger partial charge in [-0.3, -0.25) is 4.79 Å². The summed E-state index contributed by atoms with van der Waals surface area (Å²) < 4.78 is 26.0. The lowest BCUT2D eigenvalue weighted by molar-refractivity contribution is -0.148. The van der Waals surface area contributed by atoms with E-state index in [0.717, 1.165) is 11.3 Å². The molecule has 2 heterocycles. The van der Waals surface area contributed by atoms with Crippen LogP contribution < -0.4 is 0 Å². The summed E-state index contributed by atoms with van der Waals surface area (Å²) in [7, 11) is 0. The average Bonchev–Trinajstić information content (AvgIpc) is 3.41. The summed E-state index contributed by atoms with van der Waals surface area (Å²) in [6, 6.07) is 14.3. The third-order valence-corrected chi connectivity index (χ3v) is 4.53. The minimum absolute atomic E-state index is 0.0569. The predicted octanol–water partition coefficient (Wildman–Crippen LogP) is 4.22. The Kier molecular flexibility index (Phi) is 5.38. The minimum Gasteiger partial charge on any atom is -0.452 e. The molecule has 1 unspecified atom stereocenters. The molecule has 30 heavy (non-hydrogen) atoms. The number of aryl methyl sites for hydroxylation is 1. The molecule has 152 valence electrons. The smallest absolute Gasteiger partial charge is 0.311 e. The first-order valence-electron chi connectivity index (χ1n) is 9.38. The van der Waals surface area contributed by atoms with Crippen molar-refractivity contribution >= 4 is 5.97 Å². The van der Waals surface area contributed by atoms with Crippen LogP contribution in [-0.4, -0.2) is 25.9 Å². The van der Waals surface area contributed by atoms with Crippen molar-refractivity contribution in [2.24, 2.45) is 0 Å². The summed E-state index contributed by atoms with van der Waals surface area (Å²) in [6.45, 7) is 3.31. The van der Waals surface area contributed by atoms with Gasteiger partial charge in [-0.25, -0.2) is 9.07 Å². The van der Waals surface area contributed by atoms with Gasteiger partial charge >= 0.3 is 5.97 Å². The standard InChI is InChI=1S/C22H19FN4O3/c1-14-8-9-17(11-19(14)23)21-25-22(30-26-21)15(2)29-20(28)10-16-12-24-27(13-16)18-6-4-3-5-7-18/h3-9,11-13,15H,10H2,1-2H3. The van der Waals surface area contributed by atoms with E-state index >= 15 is 0 Å². The number of aromatic nitrogens is 4. The van der Waals surface area contributed by atoms with Crippen molar-refractivity contribution in [1.82, 2.24) is 19.9 Å². The maximum Gasteiger partial charge on any atom is 0.311 e. The lowest BCUT2D eigenvalue weighted by Gasteiger charge is -2.08. The van der Waals surface area contributed by atoms with E-state index in [9.17, 15) is 9.18 Å². The number of benzene rings is 2. The molecule has 2 aromatic carbocycles. The molecule has 0 amide bonds. The molecule has 0 spiro atoms. The lowest BCUT2D eigenvalue weighted by Crippen LogP contribution is -2.11. The minimum atomic E-state index is -0.738. The molecular formula is C22H19FN4O3. The zero-order valence-electron chi connectivity index (χ0n) is 16.4. The van der Waals surface area contributed by atoms with Crippen LogP contribution in [0.2, 0.25) is 0 Å². The first-order chi connectivity index (χ1) is 14.5. The van der Waals surface area contributed by atoms with Crippen molar-refractivity contribution in [1.29, 1.82) is 0 Å². The van der Waals surface area contributed by atoms with Crippen LogP contribution in [0.3, 0.4) is 0 Å². The van der Waals surface area contributed by atoms with Gasteiger partial charge in [-0.2, -0.15) is 10.1 Å². The van der Waals surface area contributed by atoms with E-state index in [0.29, 0.717) is 11.1 Å². The second-order valence-electron chi connectivity index (χ2n) is 6.86. The number of rotatable bonds is 6. The molecule has 0 aliphatic carbocycles. The van der Waals surface area contributed by atoms with Gasteiger partial charge in [0.1, 0.15) is 5.82 Å². The molecule has 0 fully saturated rings. The third kappa shape index (κ3) is 4.27. The number of halogens is 1. The van der Waals surface area contributed by atoms with Crippen molar-refractivity contribution in [3.05, 3.63) is 83.8 Å². The van der Waals surface area contributed by atoms with E-state index in [4.69, 9.17) is 9.26 Å². The van der Waals surface area contributed by atoms with Crippen LogP contribution in [0.4, 0.5) is 4.39 Å². The summed E-state index contributed by atoms with van der Waals surface area (Å²) in [4.78, 5) is 16.5. The van der Waals surface area contributed by atoms with Crippen LogP contribution in [0.1, 0.15) is 30.0 Å². The van der Waals surface area contributed by atoms with Crippen LogP contribution in [0, 0.1) is 12.7 Å². The van der Waals surface area contributed by atoms with Gasteiger partial charge in [0.15, 0.2) is 6.10 Å². The van der Waals surface area contributed by atoms with E-state index in [1.165, 1.54) is 6.07 Å². The highest BCUT2D eigenvalue weighted by Gasteiger charge is 2.20. The molecule has 4 rings (SSSR count). The molecule has 0 aliphatic rings. The highest BCUT2D eigenvalue weighted by atomic mass is 19.1. The Bertz CT molecular complexity index is 1170. The quantitative estimate of drug-likeness (QED) is 0.446. The maximum absolute atomic E-state index is 13.8. The largest absolute Gasteiger partial charge is 0.452 e. The molecule has 0 N–H and O–H groups in total. The van der Waals surface area contributed by atoms with Gasteiger partial charge in [-0.15, -0.1) is 0 Å². The number of ether oxygens (including phenoxy) is 1. The maximum atomic E-state index is 13.8. The number of carbonyl (C=O) groups is 1. The van der Waals surface area contributed by atoms with Crippen LogP contribution >= 0.6 is 0 Å². The van der Waals surface area contributed by atoms with Gasteiger partial charge in [0.25, 0.3) is 5.89 Å². The van der Waals surface area contributed by atoms with Crippen LogP contribution in [0.25, 0.3) is 17.1 Å². The SMILES string of the molecule is Cc1ccc(-c2noc(C(C)OC(=O)Cc3cnn(-c4ccccc4)c3)n2)cc1F. The van der Waals surface area contributed by atoms with E-state index in [2.05, 4.69) is 15.2 Å². The molecular weight excluding hydrogens is 387 g/mol. The Morgan fingerprint density at radius 2 is 2.03 bits per heavy atom. The fourth-order valence-corrected chi connectivity index (χ4v) is 2.88. The molecule has 4 aromatic rings. The third-order valence-electron chi connectivity index (χ3n) is 4.53. The van der Waals surface area contributed by atoms with Crippen LogP contribution in [-0.2, 0) is 16.0 Å². The topological polar surface area (TPSA) is 83.0 Å². The highest BCUT2D eigenvalue weighted by Crippen LogP contribution is 2.22. The first-order valence-corrected chi connectivity index (χ1v) is 9.38. The fourth-order valence-electron chi connectivity index (χ4n) is 2.88. The zero-order valence-corrected chi connectivity index (χ0v) is 16.4. The Hall–Kier alpha value is -3.81. The molecule has 0 saturated heterocycles. The highest BCUT2D eigenvalue weighted by molar-refractivity contribution is 5.72. The van der Waals surface area contributed by atoms with Crippen molar-refractivity contribution < 1.29 is 18.4 Å². The second kappa shape index (κ2) is 8.28. The normalized spacial score (nSPS) is 12.0. The fraction of sp³-hybridized carbons (Fsp3) is 0.182. The molecule has 0 bridgehead atoms. The molecule has 0 aliphatic heterocycles. The molecule has 2 aromatic heterocycles. The number of para-hydroxylation sites is 1. The summed E-state index contributed by atoms with van der Waals surface area (Å²) >= 11 is 0. The number of hydrogen-bond acceptors (Lipinski definition) is 6. The number of hydrogen-bond donors (Lipinski definition) is 0. The van der Waals surface area contributed by atoms with Crippen molar-refractivity contribution in [3.63, 3.8) is 0 Å². The summed E-state index contributed by atoms with van der Waals surface area (Å²) in [5.41, 5.74) is 2.63.